The number of rotatable bonds is 3. The van der Waals surface area contributed by atoms with Crippen LogP contribution >= 0.6 is 11.6 Å². The largest absolute Gasteiger partial charge is 0.491 e. The van der Waals surface area contributed by atoms with Crippen LogP contribution < -0.4 is 15.0 Å². The van der Waals surface area contributed by atoms with E-state index < -0.39 is 21.6 Å². The van der Waals surface area contributed by atoms with E-state index in [2.05, 4.69) is 9.71 Å². The maximum Gasteiger partial charge on any atom is 0.266 e. The Morgan fingerprint density at radius 3 is 2.86 bits per heavy atom. The van der Waals surface area contributed by atoms with Crippen LogP contribution in [-0.2, 0) is 10.0 Å². The molecule has 0 spiro atoms. The number of pyridine rings is 1. The van der Waals surface area contributed by atoms with Gasteiger partial charge < -0.3 is 9.72 Å². The molecule has 0 bridgehead atoms. The first kappa shape index (κ1) is 14.1. The highest BCUT2D eigenvalue weighted by atomic mass is 35.5. The first-order valence-electron chi connectivity index (χ1n) is 6.10. The van der Waals surface area contributed by atoms with Crippen LogP contribution in [0.25, 0.3) is 0 Å². The topological polar surface area (TPSA) is 88.3 Å². The number of aromatic amines is 1. The highest BCUT2D eigenvalue weighted by molar-refractivity contribution is 7.89. The summed E-state index contributed by atoms with van der Waals surface area (Å²) >= 11 is 5.66. The summed E-state index contributed by atoms with van der Waals surface area (Å²) in [5.74, 6) is 0.657. The van der Waals surface area contributed by atoms with Crippen molar-refractivity contribution < 1.29 is 13.2 Å². The first-order chi connectivity index (χ1) is 9.97. The Morgan fingerprint density at radius 1 is 1.33 bits per heavy atom. The summed E-state index contributed by atoms with van der Waals surface area (Å²) in [5.41, 5.74) is 0.238. The van der Waals surface area contributed by atoms with Gasteiger partial charge in [-0.2, -0.15) is 0 Å². The van der Waals surface area contributed by atoms with Gasteiger partial charge in [0.05, 0.1) is 10.9 Å². The molecule has 8 heteroatoms. The molecule has 1 atom stereocenters. The van der Waals surface area contributed by atoms with Crippen LogP contribution in [0.15, 0.2) is 46.2 Å². The molecule has 1 aliphatic rings. The van der Waals surface area contributed by atoms with Crippen molar-refractivity contribution in [2.24, 2.45) is 0 Å². The Morgan fingerprint density at radius 2 is 2.10 bits per heavy atom. The highest BCUT2D eigenvalue weighted by Gasteiger charge is 2.28. The van der Waals surface area contributed by atoms with Crippen LogP contribution in [0, 0.1) is 0 Å². The molecule has 0 amide bonds. The lowest BCUT2D eigenvalue weighted by molar-refractivity contribution is 0.325. The SMILES string of the molecule is O=c1[nH]cc(S(=O)(=O)NC2COc3ccccc32)cc1Cl. The van der Waals surface area contributed by atoms with Crippen LogP contribution in [0.2, 0.25) is 5.02 Å². The molecule has 110 valence electrons. The van der Waals surface area contributed by atoms with Gasteiger partial charge in [0.15, 0.2) is 0 Å². The maximum atomic E-state index is 12.3. The maximum absolute atomic E-state index is 12.3. The van der Waals surface area contributed by atoms with E-state index in [1.165, 1.54) is 0 Å². The second-order valence-corrected chi connectivity index (χ2v) is 6.66. The molecular formula is C13H11ClN2O4S. The number of hydrogen-bond acceptors (Lipinski definition) is 4. The zero-order chi connectivity index (χ0) is 15.0. The molecule has 0 saturated heterocycles. The molecule has 0 saturated carbocycles. The lowest BCUT2D eigenvalue weighted by Crippen LogP contribution is -2.30. The number of sulfonamides is 1. The van der Waals surface area contributed by atoms with Gasteiger partial charge in [0, 0.05) is 11.8 Å². The quantitative estimate of drug-likeness (QED) is 0.893. The number of para-hydroxylation sites is 1. The standard InChI is InChI=1S/C13H11ClN2O4S/c14-10-5-8(6-15-13(10)17)21(18,19)16-11-7-20-12-4-2-1-3-9(11)12/h1-6,11,16H,7H2,(H,15,17). The number of halogens is 1. The molecular weight excluding hydrogens is 316 g/mol. The minimum absolute atomic E-state index is 0.100. The summed E-state index contributed by atoms with van der Waals surface area (Å²) in [5, 5.41) is -0.180. The second kappa shape index (κ2) is 5.18. The molecule has 1 aliphatic heterocycles. The number of hydrogen-bond donors (Lipinski definition) is 2. The molecule has 0 fully saturated rings. The van der Waals surface area contributed by atoms with Gasteiger partial charge in [-0.3, -0.25) is 4.79 Å². The third-order valence-electron chi connectivity index (χ3n) is 3.14. The Balaban J connectivity index is 1.91. The van der Waals surface area contributed by atoms with Crippen molar-refractivity contribution in [3.05, 3.63) is 57.5 Å². The summed E-state index contributed by atoms with van der Waals surface area (Å²) in [6.07, 6.45) is 1.11. The van der Waals surface area contributed by atoms with E-state index in [9.17, 15) is 13.2 Å². The minimum Gasteiger partial charge on any atom is -0.491 e. The van der Waals surface area contributed by atoms with Crippen molar-refractivity contribution in [2.75, 3.05) is 6.61 Å². The third kappa shape index (κ3) is 2.67. The minimum atomic E-state index is -3.81. The number of benzene rings is 1. The zero-order valence-electron chi connectivity index (χ0n) is 10.7. The molecule has 3 rings (SSSR count). The first-order valence-corrected chi connectivity index (χ1v) is 7.96. The van der Waals surface area contributed by atoms with E-state index in [0.29, 0.717) is 5.75 Å². The molecule has 21 heavy (non-hydrogen) atoms. The highest BCUT2D eigenvalue weighted by Crippen LogP contribution is 2.32. The molecule has 2 N–H and O–H groups in total. The van der Waals surface area contributed by atoms with Crippen molar-refractivity contribution in [1.82, 2.24) is 9.71 Å². The molecule has 0 aliphatic carbocycles. The van der Waals surface area contributed by atoms with Crippen LogP contribution in [-0.4, -0.2) is 20.0 Å². The fourth-order valence-electron chi connectivity index (χ4n) is 2.11. The Hall–Kier alpha value is -1.83. The summed E-state index contributed by atoms with van der Waals surface area (Å²) in [6, 6.07) is 7.85. The average Bonchev–Trinajstić information content (AvgIpc) is 2.85. The Kier molecular flexibility index (Phi) is 3.48. The lowest BCUT2D eigenvalue weighted by Gasteiger charge is -2.12. The van der Waals surface area contributed by atoms with Gasteiger partial charge >= 0.3 is 0 Å². The predicted molar refractivity (Wildman–Crippen MR) is 77.1 cm³/mol. The molecule has 6 nitrogen and oxygen atoms in total. The number of aromatic nitrogens is 1. The van der Waals surface area contributed by atoms with Gasteiger partial charge in [-0.25, -0.2) is 13.1 Å². The average molecular weight is 327 g/mol. The number of fused-ring (bicyclic) bond motifs is 1. The number of ether oxygens (including phenoxy) is 1. The summed E-state index contributed by atoms with van der Waals surface area (Å²) in [4.78, 5) is 13.4. The smallest absolute Gasteiger partial charge is 0.266 e. The van der Waals surface area contributed by atoms with Crippen LogP contribution in [0.1, 0.15) is 11.6 Å². The van der Waals surface area contributed by atoms with Gasteiger partial charge in [-0.15, -0.1) is 0 Å². The summed E-state index contributed by atoms with van der Waals surface area (Å²) in [7, 11) is -3.81. The van der Waals surface area contributed by atoms with Crippen LogP contribution in [0.3, 0.4) is 0 Å². The van der Waals surface area contributed by atoms with Gasteiger partial charge in [0.1, 0.15) is 17.4 Å². The van der Waals surface area contributed by atoms with Gasteiger partial charge in [-0.1, -0.05) is 29.8 Å². The summed E-state index contributed by atoms with van der Waals surface area (Å²) < 4.78 is 32.6. The molecule has 2 aromatic rings. The fourth-order valence-corrected chi connectivity index (χ4v) is 3.54. The van der Waals surface area contributed by atoms with Crippen molar-refractivity contribution in [2.45, 2.75) is 10.9 Å². The van der Waals surface area contributed by atoms with E-state index in [1.807, 2.05) is 12.1 Å². The lowest BCUT2D eigenvalue weighted by atomic mass is 10.1. The van der Waals surface area contributed by atoms with E-state index in [4.69, 9.17) is 16.3 Å². The van der Waals surface area contributed by atoms with E-state index in [-0.39, 0.29) is 16.5 Å². The Labute approximate surface area is 125 Å². The number of H-pyrrole nitrogens is 1. The van der Waals surface area contributed by atoms with Gasteiger partial charge in [-0.05, 0) is 12.1 Å². The van der Waals surface area contributed by atoms with Crippen LogP contribution in [0.4, 0.5) is 0 Å². The normalized spacial score (nSPS) is 17.3. The van der Waals surface area contributed by atoms with Crippen molar-refractivity contribution >= 4 is 21.6 Å². The van der Waals surface area contributed by atoms with Crippen molar-refractivity contribution in [1.29, 1.82) is 0 Å². The molecule has 1 unspecified atom stereocenters. The second-order valence-electron chi connectivity index (χ2n) is 4.54. The predicted octanol–water partition coefficient (Wildman–Crippen LogP) is 1.44. The molecule has 0 radical (unpaired) electrons. The van der Waals surface area contributed by atoms with Crippen LogP contribution in [0.5, 0.6) is 5.75 Å². The molecule has 1 aromatic heterocycles. The third-order valence-corrected chi connectivity index (χ3v) is 4.87. The van der Waals surface area contributed by atoms with E-state index in [1.54, 1.807) is 12.1 Å². The molecule has 1 aromatic carbocycles. The summed E-state index contributed by atoms with van der Waals surface area (Å²) in [6.45, 7) is 0.218. The van der Waals surface area contributed by atoms with Gasteiger partial charge in [0.25, 0.3) is 5.56 Å². The fraction of sp³-hybridized carbons (Fsp3) is 0.154. The monoisotopic (exact) mass is 326 g/mol. The van der Waals surface area contributed by atoms with Crippen molar-refractivity contribution in [3.63, 3.8) is 0 Å². The van der Waals surface area contributed by atoms with Crippen molar-refractivity contribution in [3.8, 4) is 5.75 Å². The van der Waals surface area contributed by atoms with E-state index >= 15 is 0 Å². The zero-order valence-corrected chi connectivity index (χ0v) is 12.2. The number of nitrogens with one attached hydrogen (secondary N) is 2. The molecule has 2 heterocycles. The Bertz CT molecular complexity index is 847. The van der Waals surface area contributed by atoms with E-state index in [0.717, 1.165) is 17.8 Å². The van der Waals surface area contributed by atoms with Gasteiger partial charge in [0.2, 0.25) is 10.0 Å².